The molecule has 2 aromatic rings. The Kier molecular flexibility index (Phi) is 8.28. The van der Waals surface area contributed by atoms with Gasteiger partial charge in [0.05, 0.1) is 0 Å². The molecule has 9 heteroatoms. The van der Waals surface area contributed by atoms with E-state index in [2.05, 4.69) is 21.5 Å². The van der Waals surface area contributed by atoms with Crippen molar-refractivity contribution < 1.29 is 14.7 Å². The smallest absolute Gasteiger partial charge is 0.290 e. The lowest BCUT2D eigenvalue weighted by molar-refractivity contribution is -0.122. The molecule has 2 N–H and O–H groups in total. The average molecular weight is 392 g/mol. The third-order valence-electron chi connectivity index (χ3n) is 4.39. The fourth-order valence-corrected chi connectivity index (χ4v) is 3.41. The number of thioether (sulfide) groups is 1. The Morgan fingerprint density at radius 2 is 2.11 bits per heavy atom. The molecule has 146 valence electrons. The highest BCUT2D eigenvalue weighted by atomic mass is 32.2. The second kappa shape index (κ2) is 10.7. The number of fused-ring (bicyclic) bond motifs is 1. The number of nitrogens with one attached hydrogen (secondary N) is 1. The van der Waals surface area contributed by atoms with Crippen LogP contribution in [0.15, 0.2) is 35.4 Å². The second-order valence-corrected chi connectivity index (χ2v) is 7.08. The van der Waals surface area contributed by atoms with Gasteiger partial charge in [0, 0.05) is 43.8 Å². The number of nitrogens with zero attached hydrogens (tertiary/aromatic N) is 3. The standard InChI is InChI=1S/C17H22N4O2S.CH2O2/c1-24-11-10-20-8-5-13(6-9-20)19-16(22)14-12-18-15-4-2-3-7-21(15)17(14)23;2-1-3/h2-4,7,12-13H,5-6,8-11H2,1H3,(H,19,22);1H,(H,2,3). The second-order valence-electron chi connectivity index (χ2n) is 6.09. The van der Waals surface area contributed by atoms with Crippen molar-refractivity contribution in [2.24, 2.45) is 0 Å². The minimum atomic E-state index is -0.326. The zero-order chi connectivity index (χ0) is 19.6. The molecule has 1 saturated heterocycles. The monoisotopic (exact) mass is 392 g/mol. The predicted octanol–water partition coefficient (Wildman–Crippen LogP) is 0.952. The molecule has 3 rings (SSSR count). The summed E-state index contributed by atoms with van der Waals surface area (Å²) in [6, 6.07) is 5.43. The van der Waals surface area contributed by atoms with Gasteiger partial charge in [-0.2, -0.15) is 11.8 Å². The Hall–Kier alpha value is -2.39. The number of aromatic nitrogens is 2. The molecule has 1 aliphatic rings. The summed E-state index contributed by atoms with van der Waals surface area (Å²) >= 11 is 1.85. The van der Waals surface area contributed by atoms with E-state index in [9.17, 15) is 9.59 Å². The van der Waals surface area contributed by atoms with Crippen molar-refractivity contribution in [2.75, 3.05) is 31.6 Å². The van der Waals surface area contributed by atoms with Gasteiger partial charge in [-0.1, -0.05) is 6.07 Å². The molecular formula is C18H24N4O4S. The van der Waals surface area contributed by atoms with Crippen LogP contribution >= 0.6 is 11.8 Å². The lowest BCUT2D eigenvalue weighted by Gasteiger charge is -2.32. The zero-order valence-corrected chi connectivity index (χ0v) is 16.0. The number of rotatable bonds is 5. The van der Waals surface area contributed by atoms with E-state index in [0.717, 1.165) is 38.2 Å². The van der Waals surface area contributed by atoms with Gasteiger partial charge in [-0.15, -0.1) is 0 Å². The van der Waals surface area contributed by atoms with E-state index < -0.39 is 0 Å². The normalized spacial score (nSPS) is 15.0. The summed E-state index contributed by atoms with van der Waals surface area (Å²) in [7, 11) is 0. The van der Waals surface area contributed by atoms with Gasteiger partial charge in [0.25, 0.3) is 17.9 Å². The highest BCUT2D eigenvalue weighted by Crippen LogP contribution is 2.11. The van der Waals surface area contributed by atoms with E-state index in [1.165, 1.54) is 10.6 Å². The summed E-state index contributed by atoms with van der Waals surface area (Å²) in [5, 5.41) is 9.88. The van der Waals surface area contributed by atoms with Gasteiger partial charge in [0.2, 0.25) is 0 Å². The van der Waals surface area contributed by atoms with Gasteiger partial charge in [0.15, 0.2) is 0 Å². The van der Waals surface area contributed by atoms with Crippen LogP contribution in [0.3, 0.4) is 0 Å². The molecule has 0 radical (unpaired) electrons. The molecule has 0 aromatic carbocycles. The molecule has 2 aromatic heterocycles. The van der Waals surface area contributed by atoms with Crippen LogP contribution in [0.2, 0.25) is 0 Å². The number of likely N-dealkylation sites (tertiary alicyclic amines) is 1. The maximum atomic E-state index is 12.4. The lowest BCUT2D eigenvalue weighted by atomic mass is 10.0. The van der Waals surface area contributed by atoms with Crippen LogP contribution < -0.4 is 10.9 Å². The summed E-state index contributed by atoms with van der Waals surface area (Å²) in [4.78, 5) is 39.9. The van der Waals surface area contributed by atoms with Crippen molar-refractivity contribution in [1.82, 2.24) is 19.6 Å². The first-order chi connectivity index (χ1) is 13.1. The van der Waals surface area contributed by atoms with E-state index in [1.54, 1.807) is 18.3 Å². The van der Waals surface area contributed by atoms with E-state index in [4.69, 9.17) is 9.90 Å². The topological polar surface area (TPSA) is 104 Å². The summed E-state index contributed by atoms with van der Waals surface area (Å²) in [5.41, 5.74) is 0.320. The largest absolute Gasteiger partial charge is 0.483 e. The molecule has 0 unspecified atom stereocenters. The number of carbonyl (C=O) groups is 2. The molecule has 1 fully saturated rings. The van der Waals surface area contributed by atoms with Crippen molar-refractivity contribution in [3.63, 3.8) is 0 Å². The fourth-order valence-electron chi connectivity index (χ4n) is 2.97. The molecule has 0 saturated carbocycles. The van der Waals surface area contributed by atoms with Crippen LogP contribution in [0.25, 0.3) is 5.65 Å². The SMILES string of the molecule is CSCCN1CCC(NC(=O)c2cnc3ccccn3c2=O)CC1.O=CO. The summed E-state index contributed by atoms with van der Waals surface area (Å²) in [6.07, 6.45) is 6.96. The van der Waals surface area contributed by atoms with E-state index in [0.29, 0.717) is 5.65 Å². The van der Waals surface area contributed by atoms with Crippen molar-refractivity contribution >= 4 is 29.8 Å². The molecule has 0 spiro atoms. The van der Waals surface area contributed by atoms with Crippen molar-refractivity contribution in [2.45, 2.75) is 18.9 Å². The van der Waals surface area contributed by atoms with Crippen molar-refractivity contribution in [3.8, 4) is 0 Å². The van der Waals surface area contributed by atoms with Gasteiger partial charge in [-0.3, -0.25) is 18.8 Å². The summed E-state index contributed by atoms with van der Waals surface area (Å²) in [5.74, 6) is 0.810. The number of piperidine rings is 1. The highest BCUT2D eigenvalue weighted by molar-refractivity contribution is 7.98. The zero-order valence-electron chi connectivity index (χ0n) is 15.2. The van der Waals surface area contributed by atoms with Gasteiger partial charge < -0.3 is 15.3 Å². The summed E-state index contributed by atoms with van der Waals surface area (Å²) in [6.45, 7) is 2.82. The minimum absolute atomic E-state index is 0.100. The Balaban J connectivity index is 0.000000817. The quantitative estimate of drug-likeness (QED) is 0.730. The van der Waals surface area contributed by atoms with Crippen molar-refractivity contribution in [3.05, 3.63) is 46.5 Å². The highest BCUT2D eigenvalue weighted by Gasteiger charge is 2.22. The minimum Gasteiger partial charge on any atom is -0.483 e. The maximum Gasteiger partial charge on any atom is 0.290 e. The third-order valence-corrected chi connectivity index (χ3v) is 4.98. The fraction of sp³-hybridized carbons (Fsp3) is 0.444. The number of amides is 1. The van der Waals surface area contributed by atoms with Gasteiger partial charge in [-0.25, -0.2) is 4.98 Å². The third kappa shape index (κ3) is 5.80. The first-order valence-corrected chi connectivity index (χ1v) is 10.1. The van der Waals surface area contributed by atoms with E-state index >= 15 is 0 Å². The molecule has 8 nitrogen and oxygen atoms in total. The van der Waals surface area contributed by atoms with Crippen LogP contribution in [0.1, 0.15) is 23.2 Å². The first kappa shape index (κ1) is 20.9. The molecule has 0 aliphatic carbocycles. The molecule has 0 bridgehead atoms. The van der Waals surface area contributed by atoms with Gasteiger partial charge >= 0.3 is 0 Å². The molecular weight excluding hydrogens is 368 g/mol. The molecule has 1 aliphatic heterocycles. The van der Waals surface area contributed by atoms with Crippen LogP contribution in [0.4, 0.5) is 0 Å². The molecule has 1 amide bonds. The van der Waals surface area contributed by atoms with E-state index in [-0.39, 0.29) is 29.5 Å². The number of pyridine rings is 1. The lowest BCUT2D eigenvalue weighted by Crippen LogP contribution is -2.46. The number of hydrogen-bond acceptors (Lipinski definition) is 6. The number of hydrogen-bond donors (Lipinski definition) is 2. The van der Waals surface area contributed by atoms with Crippen LogP contribution in [0.5, 0.6) is 0 Å². The predicted molar refractivity (Wildman–Crippen MR) is 105 cm³/mol. The van der Waals surface area contributed by atoms with Crippen LogP contribution in [0, 0.1) is 0 Å². The Bertz CT molecular complexity index is 818. The average Bonchev–Trinajstić information content (AvgIpc) is 2.68. The molecule has 0 atom stereocenters. The van der Waals surface area contributed by atoms with Crippen LogP contribution in [-0.4, -0.2) is 69.5 Å². The number of carboxylic acid groups (broad SMARTS) is 1. The van der Waals surface area contributed by atoms with Crippen LogP contribution in [-0.2, 0) is 4.79 Å². The first-order valence-electron chi connectivity index (χ1n) is 8.67. The van der Waals surface area contributed by atoms with E-state index in [1.807, 2.05) is 17.8 Å². The van der Waals surface area contributed by atoms with Gasteiger partial charge in [-0.05, 0) is 31.2 Å². The van der Waals surface area contributed by atoms with Crippen molar-refractivity contribution in [1.29, 1.82) is 0 Å². The maximum absolute atomic E-state index is 12.4. The Morgan fingerprint density at radius 3 is 2.78 bits per heavy atom. The van der Waals surface area contributed by atoms with Gasteiger partial charge in [0.1, 0.15) is 11.2 Å². The molecule has 27 heavy (non-hydrogen) atoms. The number of carbonyl (C=O) groups excluding carboxylic acids is 1. The Labute approximate surface area is 161 Å². The summed E-state index contributed by atoms with van der Waals surface area (Å²) < 4.78 is 1.40. The molecule has 3 heterocycles. The Morgan fingerprint density at radius 1 is 1.41 bits per heavy atom.